The number of hydrogen-bond donors (Lipinski definition) is 2. The van der Waals surface area contributed by atoms with Crippen LogP contribution in [-0.4, -0.2) is 48.6 Å². The number of rotatable bonds is 3. The van der Waals surface area contributed by atoms with Gasteiger partial charge < -0.3 is 20.5 Å². The number of thiophene rings is 1. The Balaban J connectivity index is 1.70. The molecule has 3 rings (SSSR count). The molecular formula is C12H14N4O3S. The Morgan fingerprint density at radius 2 is 2.45 bits per heavy atom. The largest absolute Gasteiger partial charge is 0.397 e. The van der Waals surface area contributed by atoms with Crippen molar-refractivity contribution in [3.05, 3.63) is 17.1 Å². The number of fused-ring (bicyclic) bond motifs is 1. The lowest BCUT2D eigenvalue weighted by Crippen LogP contribution is -2.39. The highest BCUT2D eigenvalue weighted by Gasteiger charge is 2.20. The lowest BCUT2D eigenvalue weighted by atomic mass is 10.2. The molecule has 0 saturated carbocycles. The Hall–Kier alpha value is -1.77. The van der Waals surface area contributed by atoms with Crippen LogP contribution >= 0.6 is 11.3 Å². The highest BCUT2D eigenvalue weighted by atomic mass is 32.1. The van der Waals surface area contributed by atoms with Crippen molar-refractivity contribution in [2.75, 3.05) is 32.1 Å². The van der Waals surface area contributed by atoms with Crippen LogP contribution in [0.5, 0.6) is 0 Å². The Morgan fingerprint density at radius 1 is 1.55 bits per heavy atom. The van der Waals surface area contributed by atoms with E-state index in [0.29, 0.717) is 41.8 Å². The molecule has 106 valence electrons. The van der Waals surface area contributed by atoms with Crippen LogP contribution in [0.2, 0.25) is 0 Å². The summed E-state index contributed by atoms with van der Waals surface area (Å²) in [6.07, 6.45) is 1.45. The summed E-state index contributed by atoms with van der Waals surface area (Å²) in [5.74, 6) is -0.223. The molecule has 0 radical (unpaired) electrons. The van der Waals surface area contributed by atoms with E-state index in [1.165, 1.54) is 11.3 Å². The van der Waals surface area contributed by atoms with Crippen LogP contribution in [0.15, 0.2) is 12.3 Å². The van der Waals surface area contributed by atoms with E-state index in [2.05, 4.69) is 15.5 Å². The van der Waals surface area contributed by atoms with Crippen LogP contribution in [0.3, 0.4) is 0 Å². The normalized spacial score (nSPS) is 19.1. The van der Waals surface area contributed by atoms with E-state index in [9.17, 15) is 4.79 Å². The van der Waals surface area contributed by atoms with Crippen LogP contribution in [0.1, 0.15) is 9.67 Å². The summed E-state index contributed by atoms with van der Waals surface area (Å²) in [6.45, 7) is 2.05. The Morgan fingerprint density at radius 3 is 3.20 bits per heavy atom. The molecule has 7 nitrogen and oxygen atoms in total. The maximum Gasteiger partial charge on any atom is 0.263 e. The number of amides is 1. The molecule has 1 fully saturated rings. The van der Waals surface area contributed by atoms with E-state index in [0.717, 1.165) is 5.39 Å². The fourth-order valence-corrected chi connectivity index (χ4v) is 2.94. The van der Waals surface area contributed by atoms with Crippen LogP contribution in [0.4, 0.5) is 5.69 Å². The van der Waals surface area contributed by atoms with Gasteiger partial charge in [0.05, 0.1) is 37.8 Å². The van der Waals surface area contributed by atoms with Crippen LogP contribution < -0.4 is 11.1 Å². The fourth-order valence-electron chi connectivity index (χ4n) is 1.98. The molecule has 0 aliphatic carbocycles. The number of carbonyl (C=O) groups is 1. The number of hydrogen-bond acceptors (Lipinski definition) is 7. The minimum absolute atomic E-state index is 0.108. The number of carbonyl (C=O) groups excluding carboxylic acids is 1. The Labute approximate surface area is 119 Å². The summed E-state index contributed by atoms with van der Waals surface area (Å²) < 4.78 is 10.7. The molecule has 1 saturated heterocycles. The molecule has 3 heterocycles. The zero-order valence-electron chi connectivity index (χ0n) is 10.7. The van der Waals surface area contributed by atoms with E-state index in [1.54, 1.807) is 12.3 Å². The first-order chi connectivity index (χ1) is 9.75. The number of nitrogens with one attached hydrogen (secondary N) is 1. The SMILES string of the molecule is Nc1c(C(=O)NCC2COCCO2)sc2nnccc12. The molecule has 0 aromatic carbocycles. The van der Waals surface area contributed by atoms with Crippen molar-refractivity contribution in [3.63, 3.8) is 0 Å². The number of nitrogens with two attached hydrogens (primary N) is 1. The summed E-state index contributed by atoms with van der Waals surface area (Å²) in [5.41, 5.74) is 6.42. The quantitative estimate of drug-likeness (QED) is 0.851. The van der Waals surface area contributed by atoms with Crippen LogP contribution in [-0.2, 0) is 9.47 Å². The van der Waals surface area contributed by atoms with Crippen molar-refractivity contribution < 1.29 is 14.3 Å². The fraction of sp³-hybridized carbons (Fsp3) is 0.417. The predicted octanol–water partition coefficient (Wildman–Crippen LogP) is 0.419. The number of ether oxygens (including phenoxy) is 2. The van der Waals surface area contributed by atoms with Gasteiger partial charge in [-0.15, -0.1) is 16.4 Å². The summed E-state index contributed by atoms with van der Waals surface area (Å²) >= 11 is 1.24. The molecule has 2 aromatic heterocycles. The summed E-state index contributed by atoms with van der Waals surface area (Å²) in [4.78, 5) is 13.3. The second kappa shape index (κ2) is 5.70. The average Bonchev–Trinajstić information content (AvgIpc) is 2.84. The molecule has 0 bridgehead atoms. The van der Waals surface area contributed by atoms with Crippen molar-refractivity contribution in [2.24, 2.45) is 0 Å². The predicted molar refractivity (Wildman–Crippen MR) is 74.7 cm³/mol. The Kier molecular flexibility index (Phi) is 3.77. The van der Waals surface area contributed by atoms with Crippen molar-refractivity contribution in [1.82, 2.24) is 15.5 Å². The van der Waals surface area contributed by atoms with Gasteiger partial charge in [-0.2, -0.15) is 5.10 Å². The lowest BCUT2D eigenvalue weighted by molar-refractivity contribution is -0.0855. The molecule has 1 atom stereocenters. The average molecular weight is 294 g/mol. The first-order valence-corrected chi connectivity index (χ1v) is 7.04. The molecule has 2 aromatic rings. The van der Waals surface area contributed by atoms with Gasteiger partial charge in [0, 0.05) is 11.9 Å². The van der Waals surface area contributed by atoms with Crippen LogP contribution in [0.25, 0.3) is 10.2 Å². The van der Waals surface area contributed by atoms with E-state index in [-0.39, 0.29) is 12.0 Å². The van der Waals surface area contributed by atoms with Crippen molar-refractivity contribution in [1.29, 1.82) is 0 Å². The molecule has 0 spiro atoms. The highest BCUT2D eigenvalue weighted by molar-refractivity contribution is 7.21. The maximum atomic E-state index is 12.2. The third-order valence-corrected chi connectivity index (χ3v) is 4.11. The number of anilines is 1. The summed E-state index contributed by atoms with van der Waals surface area (Å²) in [7, 11) is 0. The molecular weight excluding hydrogens is 280 g/mol. The third-order valence-electron chi connectivity index (χ3n) is 3.00. The van der Waals surface area contributed by atoms with Gasteiger partial charge in [0.25, 0.3) is 5.91 Å². The van der Waals surface area contributed by atoms with Crippen LogP contribution in [0, 0.1) is 0 Å². The van der Waals surface area contributed by atoms with Crippen molar-refractivity contribution >= 4 is 33.1 Å². The molecule has 1 aliphatic heterocycles. The molecule has 20 heavy (non-hydrogen) atoms. The number of aromatic nitrogens is 2. The van der Waals surface area contributed by atoms with Gasteiger partial charge >= 0.3 is 0 Å². The molecule has 3 N–H and O–H groups in total. The zero-order chi connectivity index (χ0) is 13.9. The molecule has 1 amide bonds. The van der Waals surface area contributed by atoms with Gasteiger partial charge in [-0.3, -0.25) is 4.79 Å². The standard InChI is InChI=1S/C12H14N4O3S/c13-9-8-1-2-15-16-12(8)20-10(9)11(17)14-5-7-6-18-3-4-19-7/h1-2,7H,3-6,13H2,(H,14,17). The molecule has 1 unspecified atom stereocenters. The van der Waals surface area contributed by atoms with Gasteiger partial charge in [0.15, 0.2) is 0 Å². The van der Waals surface area contributed by atoms with E-state index < -0.39 is 0 Å². The van der Waals surface area contributed by atoms with Gasteiger partial charge in [-0.25, -0.2) is 0 Å². The topological polar surface area (TPSA) is 99.4 Å². The van der Waals surface area contributed by atoms with Crippen molar-refractivity contribution in [3.8, 4) is 0 Å². The van der Waals surface area contributed by atoms with E-state index in [1.807, 2.05) is 0 Å². The van der Waals surface area contributed by atoms with E-state index in [4.69, 9.17) is 15.2 Å². The van der Waals surface area contributed by atoms with Gasteiger partial charge in [0.1, 0.15) is 9.71 Å². The maximum absolute atomic E-state index is 12.2. The highest BCUT2D eigenvalue weighted by Crippen LogP contribution is 2.31. The zero-order valence-corrected chi connectivity index (χ0v) is 11.5. The second-order valence-electron chi connectivity index (χ2n) is 4.37. The molecule has 1 aliphatic rings. The lowest BCUT2D eigenvalue weighted by Gasteiger charge is -2.22. The van der Waals surface area contributed by atoms with Gasteiger partial charge in [-0.05, 0) is 6.07 Å². The summed E-state index contributed by atoms with van der Waals surface area (Å²) in [5, 5.41) is 11.3. The number of nitrogens with zero attached hydrogens (tertiary/aromatic N) is 2. The first kappa shape index (κ1) is 13.2. The van der Waals surface area contributed by atoms with Crippen molar-refractivity contribution in [2.45, 2.75) is 6.10 Å². The first-order valence-electron chi connectivity index (χ1n) is 6.23. The smallest absolute Gasteiger partial charge is 0.263 e. The van der Waals surface area contributed by atoms with E-state index >= 15 is 0 Å². The Bertz CT molecular complexity index is 624. The van der Waals surface area contributed by atoms with Gasteiger partial charge in [-0.1, -0.05) is 0 Å². The minimum Gasteiger partial charge on any atom is -0.397 e. The monoisotopic (exact) mass is 294 g/mol. The summed E-state index contributed by atoms with van der Waals surface area (Å²) in [6, 6.07) is 1.75. The number of nitrogen functional groups attached to an aromatic ring is 1. The minimum atomic E-state index is -0.223. The van der Waals surface area contributed by atoms with Gasteiger partial charge in [0.2, 0.25) is 0 Å². The molecule has 8 heteroatoms. The third kappa shape index (κ3) is 2.58. The second-order valence-corrected chi connectivity index (χ2v) is 5.37.